The van der Waals surface area contributed by atoms with E-state index in [9.17, 15) is 27.7 Å². The van der Waals surface area contributed by atoms with Crippen molar-refractivity contribution in [1.29, 1.82) is 0 Å². The summed E-state index contributed by atoms with van der Waals surface area (Å²) < 4.78 is 56.0. The van der Waals surface area contributed by atoms with Crippen LogP contribution in [0.4, 0.5) is 32.8 Å². The number of rotatable bonds is 12. The molecule has 0 unspecified atom stereocenters. The van der Waals surface area contributed by atoms with E-state index in [1.165, 1.54) is 23.3 Å². The second-order valence-corrected chi connectivity index (χ2v) is 20.1. The highest BCUT2D eigenvalue weighted by Gasteiger charge is 2.32. The summed E-state index contributed by atoms with van der Waals surface area (Å²) in [5.41, 5.74) is 5.88. The maximum Gasteiger partial charge on any atom is 0.293 e. The minimum absolute atomic E-state index is 0.0838. The molecular weight excluding hydrogens is 875 g/mol. The second kappa shape index (κ2) is 18.3. The summed E-state index contributed by atoms with van der Waals surface area (Å²) in [6.07, 6.45) is 6.23. The molecule has 2 saturated heterocycles. The highest BCUT2D eigenvalue weighted by molar-refractivity contribution is 7.90. The number of hydrogen-bond donors (Lipinski definition) is 3. The number of benzene rings is 3. The number of halogens is 2. The SMILES string of the molecule is CC1(C)CCC(CN2CCN(c3ccc(C(=O)NS(=O)(=O)c4ccc(NCC5CCOCC5)c([N+](=O)[O-])c4)c(N4CCOc5nc6[nH]ccc6cc54)c3)CC2)=C(c2ccc(Cl)c(F)c2)C1. The predicted octanol–water partition coefficient (Wildman–Crippen LogP) is 8.54. The number of fused-ring (bicyclic) bond motifs is 2. The van der Waals surface area contributed by atoms with Gasteiger partial charge in [-0.25, -0.2) is 17.5 Å². The third-order valence-electron chi connectivity index (χ3n) is 13.1. The van der Waals surface area contributed by atoms with Gasteiger partial charge >= 0.3 is 0 Å². The number of amides is 1. The van der Waals surface area contributed by atoms with Crippen molar-refractivity contribution in [3.63, 3.8) is 0 Å². The Hall–Kier alpha value is -5.75. The third kappa shape index (κ3) is 9.64. The Labute approximate surface area is 382 Å². The van der Waals surface area contributed by atoms with Crippen molar-refractivity contribution in [1.82, 2.24) is 19.6 Å². The zero-order valence-electron chi connectivity index (χ0n) is 36.4. The van der Waals surface area contributed by atoms with Crippen molar-refractivity contribution in [2.45, 2.75) is 50.8 Å². The maximum atomic E-state index is 14.7. The molecule has 0 spiro atoms. The average molecular weight is 927 g/mol. The number of aromatic amines is 1. The Balaban J connectivity index is 0.976. The number of nitro groups is 1. The zero-order chi connectivity index (χ0) is 45.5. The van der Waals surface area contributed by atoms with Gasteiger partial charge in [0.2, 0.25) is 5.88 Å². The van der Waals surface area contributed by atoms with Gasteiger partial charge in [0.25, 0.3) is 21.6 Å². The Bertz CT molecular complexity index is 2790. The standard InChI is InChI=1S/C47H52ClFN8O7S/c1-47(2)13-9-33(37(27-47)31-3-7-38(48)39(49)23-31)29-54-15-17-55(18-16-54)34-4-6-36(41(25-34)56-19-22-64-46-43(56)24-32-10-14-50-44(32)52-46)45(58)53-65(61,62)35-5-8-40(42(26-35)57(59)60)51-28-30-11-20-63-21-12-30/h3-8,10,14,23-26,30,51H,9,11-13,15-22,27-29H2,1-2H3,(H,50,52)(H,53,58). The zero-order valence-corrected chi connectivity index (χ0v) is 37.9. The van der Waals surface area contributed by atoms with Crippen molar-refractivity contribution in [3.05, 3.63) is 111 Å². The number of nitrogens with zero attached hydrogens (tertiary/aromatic N) is 5. The molecular formula is C47H52ClFN8O7S. The average Bonchev–Trinajstić information content (AvgIpc) is 3.76. The summed E-state index contributed by atoms with van der Waals surface area (Å²) >= 11 is 6.06. The van der Waals surface area contributed by atoms with Gasteiger partial charge in [-0.3, -0.25) is 19.8 Å². The first-order valence-electron chi connectivity index (χ1n) is 22.0. The molecule has 5 aromatic rings. The number of pyridine rings is 1. The van der Waals surface area contributed by atoms with Gasteiger partial charge in [0.05, 0.1) is 32.6 Å². The number of aromatic nitrogens is 2. The van der Waals surface area contributed by atoms with E-state index < -0.39 is 37.3 Å². The lowest BCUT2D eigenvalue weighted by Crippen LogP contribution is -2.47. The molecule has 1 amide bonds. The number of hydrogen-bond acceptors (Lipinski definition) is 12. The Kier molecular flexibility index (Phi) is 12.5. The van der Waals surface area contributed by atoms with Gasteiger partial charge in [-0.15, -0.1) is 0 Å². The smallest absolute Gasteiger partial charge is 0.293 e. The lowest BCUT2D eigenvalue weighted by Gasteiger charge is -2.39. The lowest BCUT2D eigenvalue weighted by molar-refractivity contribution is -0.384. The molecule has 2 fully saturated rings. The highest BCUT2D eigenvalue weighted by atomic mass is 35.5. The van der Waals surface area contributed by atoms with Gasteiger partial charge < -0.3 is 29.6 Å². The number of piperazine rings is 1. The van der Waals surface area contributed by atoms with Crippen LogP contribution in [0.25, 0.3) is 16.6 Å². The van der Waals surface area contributed by atoms with E-state index >= 15 is 0 Å². The summed E-state index contributed by atoms with van der Waals surface area (Å²) in [6.45, 7) is 10.5. The Morgan fingerprint density at radius 2 is 1.80 bits per heavy atom. The number of carbonyl (C=O) groups excluding carboxylic acids is 1. The summed E-state index contributed by atoms with van der Waals surface area (Å²) in [6, 6.07) is 17.8. The van der Waals surface area contributed by atoms with Gasteiger partial charge in [-0.2, -0.15) is 4.98 Å². The number of nitrogens with one attached hydrogen (secondary N) is 3. The minimum Gasteiger partial charge on any atom is -0.474 e. The van der Waals surface area contributed by atoms with Crippen LogP contribution in [0.2, 0.25) is 5.02 Å². The number of carbonyl (C=O) groups is 1. The van der Waals surface area contributed by atoms with Crippen molar-refractivity contribution < 1.29 is 32.0 Å². The van der Waals surface area contributed by atoms with Gasteiger partial charge in [0.15, 0.2) is 0 Å². The molecule has 0 radical (unpaired) electrons. The molecule has 4 aliphatic rings. The van der Waals surface area contributed by atoms with Crippen molar-refractivity contribution in [3.8, 4) is 5.88 Å². The number of sulfonamides is 1. The normalized spacial score (nSPS) is 18.3. The number of H-pyrrole nitrogens is 1. The fraction of sp³-hybridized carbons (Fsp3) is 0.404. The number of ether oxygens (including phenoxy) is 2. The van der Waals surface area contributed by atoms with Gasteiger partial charge in [0.1, 0.15) is 29.4 Å². The first kappa shape index (κ1) is 44.5. The van der Waals surface area contributed by atoms with Crippen LogP contribution in [-0.4, -0.2) is 99.8 Å². The van der Waals surface area contributed by atoms with Crippen molar-refractivity contribution in [2.75, 3.05) is 80.8 Å². The summed E-state index contributed by atoms with van der Waals surface area (Å²) in [5.74, 6) is -0.689. The monoisotopic (exact) mass is 926 g/mol. The molecule has 9 rings (SSSR count). The Morgan fingerprint density at radius 1 is 1.00 bits per heavy atom. The number of anilines is 4. The van der Waals surface area contributed by atoms with E-state index in [4.69, 9.17) is 21.1 Å². The maximum absolute atomic E-state index is 14.7. The lowest BCUT2D eigenvalue weighted by atomic mass is 9.72. The fourth-order valence-electron chi connectivity index (χ4n) is 9.34. The largest absolute Gasteiger partial charge is 0.474 e. The summed E-state index contributed by atoms with van der Waals surface area (Å²) in [5, 5.41) is 16.2. The molecule has 0 atom stereocenters. The molecule has 3 aliphatic heterocycles. The minimum atomic E-state index is -4.58. The van der Waals surface area contributed by atoms with Crippen LogP contribution >= 0.6 is 11.6 Å². The molecule has 0 saturated carbocycles. The molecule has 15 nitrogen and oxygen atoms in total. The van der Waals surface area contributed by atoms with Gasteiger partial charge in [-0.1, -0.05) is 37.1 Å². The highest BCUT2D eigenvalue weighted by Crippen LogP contribution is 2.44. The fourth-order valence-corrected chi connectivity index (χ4v) is 10.4. The third-order valence-corrected chi connectivity index (χ3v) is 14.7. The summed E-state index contributed by atoms with van der Waals surface area (Å²) in [7, 11) is -4.58. The molecule has 65 heavy (non-hydrogen) atoms. The second-order valence-electron chi connectivity index (χ2n) is 18.1. The summed E-state index contributed by atoms with van der Waals surface area (Å²) in [4.78, 5) is 39.8. The molecule has 3 N–H and O–H groups in total. The predicted molar refractivity (Wildman–Crippen MR) is 249 cm³/mol. The molecule has 18 heteroatoms. The van der Waals surface area contributed by atoms with E-state index in [2.05, 4.69) is 43.7 Å². The van der Waals surface area contributed by atoms with E-state index in [-0.39, 0.29) is 34.2 Å². The van der Waals surface area contributed by atoms with Gasteiger partial charge in [0, 0.05) is 75.8 Å². The molecule has 0 bridgehead atoms. The van der Waals surface area contributed by atoms with Crippen LogP contribution in [0.5, 0.6) is 5.88 Å². The van der Waals surface area contributed by atoms with Crippen molar-refractivity contribution >= 4 is 72.6 Å². The quantitative estimate of drug-likeness (QED) is 0.0805. The van der Waals surface area contributed by atoms with E-state index in [0.717, 1.165) is 74.4 Å². The van der Waals surface area contributed by atoms with Crippen LogP contribution < -0.4 is 24.6 Å². The number of allylic oxidation sites excluding steroid dienone is 1. The van der Waals surface area contributed by atoms with Gasteiger partial charge in [-0.05, 0) is 109 Å². The molecule has 2 aromatic heterocycles. The molecule has 342 valence electrons. The van der Waals surface area contributed by atoms with Crippen LogP contribution in [0, 0.1) is 27.3 Å². The van der Waals surface area contributed by atoms with E-state index in [1.807, 2.05) is 35.2 Å². The van der Waals surface area contributed by atoms with Crippen LogP contribution in [0.1, 0.15) is 61.9 Å². The van der Waals surface area contributed by atoms with E-state index in [0.29, 0.717) is 62.3 Å². The van der Waals surface area contributed by atoms with Crippen molar-refractivity contribution in [2.24, 2.45) is 11.3 Å². The molecule has 3 aromatic carbocycles. The van der Waals surface area contributed by atoms with E-state index in [1.54, 1.807) is 24.4 Å². The number of nitro benzene ring substituents is 1. The van der Waals surface area contributed by atoms with Crippen LogP contribution in [-0.2, 0) is 14.8 Å². The topological polar surface area (TPSA) is 175 Å². The van der Waals surface area contributed by atoms with Crippen LogP contribution in [0.15, 0.2) is 83.4 Å². The molecule has 1 aliphatic carbocycles. The molecule has 5 heterocycles. The Morgan fingerprint density at radius 3 is 2.57 bits per heavy atom. The first-order valence-corrected chi connectivity index (χ1v) is 23.9. The van der Waals surface area contributed by atoms with Crippen LogP contribution in [0.3, 0.4) is 0 Å². The first-order chi connectivity index (χ1) is 31.2.